The van der Waals surface area contributed by atoms with Crippen LogP contribution < -0.4 is 10.6 Å². The van der Waals surface area contributed by atoms with E-state index in [4.69, 9.17) is 9.84 Å². The van der Waals surface area contributed by atoms with Crippen LogP contribution in [-0.4, -0.2) is 65.9 Å². The fourth-order valence-corrected chi connectivity index (χ4v) is 3.71. The zero-order chi connectivity index (χ0) is 14.8. The highest BCUT2D eigenvalue weighted by Crippen LogP contribution is 2.27. The zero-order valence-corrected chi connectivity index (χ0v) is 12.1. The standard InChI is InChI=1S/C14H23N3O4/c18-13(19)12-4-3-9(21-12)8-15-14(20)16-10-5-7-17-6-1-2-11(10)17/h9-12H,1-8H2,(H,18,19)(H2,15,16,20). The van der Waals surface area contributed by atoms with E-state index < -0.39 is 12.1 Å². The molecule has 7 nitrogen and oxygen atoms in total. The maximum Gasteiger partial charge on any atom is 0.332 e. The van der Waals surface area contributed by atoms with E-state index in [1.807, 2.05) is 0 Å². The molecule has 118 valence electrons. The summed E-state index contributed by atoms with van der Waals surface area (Å²) in [6.07, 6.45) is 3.68. The quantitative estimate of drug-likeness (QED) is 0.687. The zero-order valence-electron chi connectivity index (χ0n) is 12.1. The van der Waals surface area contributed by atoms with Gasteiger partial charge in [-0.05, 0) is 38.6 Å². The number of carboxylic acids is 1. The highest BCUT2D eigenvalue weighted by molar-refractivity contribution is 5.74. The van der Waals surface area contributed by atoms with Crippen LogP contribution in [0.3, 0.4) is 0 Å². The molecule has 4 atom stereocenters. The van der Waals surface area contributed by atoms with Gasteiger partial charge in [-0.3, -0.25) is 4.90 Å². The number of carbonyl (C=O) groups is 2. The van der Waals surface area contributed by atoms with Gasteiger partial charge < -0.3 is 20.5 Å². The summed E-state index contributed by atoms with van der Waals surface area (Å²) < 4.78 is 5.36. The second-order valence-electron chi connectivity index (χ2n) is 6.16. The molecule has 0 bridgehead atoms. The van der Waals surface area contributed by atoms with Crippen LogP contribution in [-0.2, 0) is 9.53 Å². The van der Waals surface area contributed by atoms with Crippen LogP contribution in [0.2, 0.25) is 0 Å². The molecule has 0 radical (unpaired) electrons. The van der Waals surface area contributed by atoms with E-state index in [0.717, 1.165) is 25.9 Å². The molecule has 3 aliphatic heterocycles. The van der Waals surface area contributed by atoms with Crippen LogP contribution in [0.1, 0.15) is 32.1 Å². The Balaban J connectivity index is 1.38. The average Bonchev–Trinajstić information content (AvgIpc) is 3.14. The number of carbonyl (C=O) groups excluding carboxylic acids is 1. The van der Waals surface area contributed by atoms with Crippen LogP contribution in [0, 0.1) is 0 Å². The van der Waals surface area contributed by atoms with Crippen molar-refractivity contribution < 1.29 is 19.4 Å². The number of rotatable bonds is 4. The van der Waals surface area contributed by atoms with Crippen LogP contribution >= 0.6 is 0 Å². The van der Waals surface area contributed by atoms with Gasteiger partial charge in [0.25, 0.3) is 0 Å². The molecule has 3 N–H and O–H groups in total. The third-order valence-electron chi connectivity index (χ3n) is 4.80. The summed E-state index contributed by atoms with van der Waals surface area (Å²) >= 11 is 0. The highest BCUT2D eigenvalue weighted by atomic mass is 16.5. The lowest BCUT2D eigenvalue weighted by molar-refractivity contribution is -0.149. The van der Waals surface area contributed by atoms with Crippen molar-refractivity contribution >= 4 is 12.0 Å². The molecule has 3 saturated heterocycles. The Kier molecular flexibility index (Phi) is 4.30. The predicted molar refractivity (Wildman–Crippen MR) is 75.1 cm³/mol. The topological polar surface area (TPSA) is 90.9 Å². The maximum absolute atomic E-state index is 11.9. The first-order valence-electron chi connectivity index (χ1n) is 7.80. The van der Waals surface area contributed by atoms with Crippen molar-refractivity contribution in [1.29, 1.82) is 0 Å². The van der Waals surface area contributed by atoms with E-state index in [1.165, 1.54) is 6.42 Å². The Labute approximate surface area is 124 Å². The predicted octanol–water partition coefficient (Wildman–Crippen LogP) is 0.155. The molecule has 7 heteroatoms. The van der Waals surface area contributed by atoms with Crippen molar-refractivity contribution in [2.75, 3.05) is 19.6 Å². The molecule has 3 aliphatic rings. The molecule has 3 rings (SSSR count). The number of hydrogen-bond donors (Lipinski definition) is 3. The number of nitrogens with zero attached hydrogens (tertiary/aromatic N) is 1. The molecule has 0 aromatic carbocycles. The summed E-state index contributed by atoms with van der Waals surface area (Å²) in [6, 6.07) is 0.565. The van der Waals surface area contributed by atoms with Gasteiger partial charge in [0.2, 0.25) is 0 Å². The molecule has 0 saturated carbocycles. The van der Waals surface area contributed by atoms with E-state index in [1.54, 1.807) is 0 Å². The Morgan fingerprint density at radius 2 is 2.05 bits per heavy atom. The van der Waals surface area contributed by atoms with Gasteiger partial charge >= 0.3 is 12.0 Å². The fourth-order valence-electron chi connectivity index (χ4n) is 3.71. The van der Waals surface area contributed by atoms with E-state index in [0.29, 0.717) is 25.4 Å². The Morgan fingerprint density at radius 1 is 1.19 bits per heavy atom. The number of urea groups is 1. The van der Waals surface area contributed by atoms with Crippen molar-refractivity contribution in [2.45, 2.75) is 56.4 Å². The first-order chi connectivity index (χ1) is 10.1. The number of nitrogens with one attached hydrogen (secondary N) is 2. The van der Waals surface area contributed by atoms with Crippen LogP contribution in [0.15, 0.2) is 0 Å². The minimum atomic E-state index is -0.922. The van der Waals surface area contributed by atoms with Gasteiger partial charge in [0.15, 0.2) is 6.10 Å². The summed E-state index contributed by atoms with van der Waals surface area (Å²) in [5.41, 5.74) is 0. The molecule has 0 aromatic rings. The first-order valence-corrected chi connectivity index (χ1v) is 7.80. The van der Waals surface area contributed by atoms with Gasteiger partial charge in [-0.25, -0.2) is 9.59 Å². The molecule has 3 fully saturated rings. The molecule has 0 aliphatic carbocycles. The van der Waals surface area contributed by atoms with Crippen molar-refractivity contribution in [1.82, 2.24) is 15.5 Å². The number of hydrogen-bond acceptors (Lipinski definition) is 4. The van der Waals surface area contributed by atoms with Crippen molar-refractivity contribution in [2.24, 2.45) is 0 Å². The number of carboxylic acid groups (broad SMARTS) is 1. The van der Waals surface area contributed by atoms with Crippen LogP contribution in [0.25, 0.3) is 0 Å². The normalized spacial score (nSPS) is 35.6. The number of fused-ring (bicyclic) bond motifs is 1. The molecule has 0 spiro atoms. The van der Waals surface area contributed by atoms with Gasteiger partial charge in [0.05, 0.1) is 6.10 Å². The van der Waals surface area contributed by atoms with Crippen molar-refractivity contribution in [3.63, 3.8) is 0 Å². The maximum atomic E-state index is 11.9. The van der Waals surface area contributed by atoms with Gasteiger partial charge in [-0.1, -0.05) is 0 Å². The summed E-state index contributed by atoms with van der Waals surface area (Å²) in [4.78, 5) is 25.2. The SMILES string of the molecule is O=C(NCC1CCC(C(=O)O)O1)NC1CCN2CCCC12. The lowest BCUT2D eigenvalue weighted by Crippen LogP contribution is -2.48. The van der Waals surface area contributed by atoms with Crippen molar-refractivity contribution in [3.05, 3.63) is 0 Å². The molecule has 0 aromatic heterocycles. The largest absolute Gasteiger partial charge is 0.479 e. The monoisotopic (exact) mass is 297 g/mol. The molecular weight excluding hydrogens is 274 g/mol. The second-order valence-corrected chi connectivity index (χ2v) is 6.16. The van der Waals surface area contributed by atoms with Crippen molar-refractivity contribution in [3.8, 4) is 0 Å². The average molecular weight is 297 g/mol. The second kappa shape index (κ2) is 6.19. The molecule has 2 amide bonds. The molecule has 21 heavy (non-hydrogen) atoms. The first kappa shape index (κ1) is 14.6. The lowest BCUT2D eigenvalue weighted by atomic mass is 10.1. The molecular formula is C14H23N3O4. The summed E-state index contributed by atoms with van der Waals surface area (Å²) in [5, 5.41) is 14.7. The third kappa shape index (κ3) is 3.29. The third-order valence-corrected chi connectivity index (χ3v) is 4.80. The minimum absolute atomic E-state index is 0.170. The highest BCUT2D eigenvalue weighted by Gasteiger charge is 2.38. The number of aliphatic carboxylic acids is 1. The van der Waals surface area contributed by atoms with Crippen LogP contribution in [0.5, 0.6) is 0 Å². The van der Waals surface area contributed by atoms with E-state index in [-0.39, 0.29) is 18.2 Å². The Morgan fingerprint density at radius 3 is 2.81 bits per heavy atom. The minimum Gasteiger partial charge on any atom is -0.479 e. The lowest BCUT2D eigenvalue weighted by Gasteiger charge is -2.22. The van der Waals surface area contributed by atoms with Gasteiger partial charge in [-0.15, -0.1) is 0 Å². The van der Waals surface area contributed by atoms with Gasteiger partial charge in [-0.2, -0.15) is 0 Å². The smallest absolute Gasteiger partial charge is 0.332 e. The summed E-state index contributed by atoms with van der Waals surface area (Å²) in [5.74, 6) is -0.922. The van der Waals surface area contributed by atoms with Crippen LogP contribution in [0.4, 0.5) is 4.79 Å². The Hall–Kier alpha value is -1.34. The number of ether oxygens (including phenoxy) is 1. The Bertz CT molecular complexity index is 417. The number of amides is 2. The molecule has 4 unspecified atom stereocenters. The fraction of sp³-hybridized carbons (Fsp3) is 0.857. The van der Waals surface area contributed by atoms with E-state index in [2.05, 4.69) is 15.5 Å². The molecule has 3 heterocycles. The summed E-state index contributed by atoms with van der Waals surface area (Å²) in [7, 11) is 0. The van der Waals surface area contributed by atoms with Gasteiger partial charge in [0.1, 0.15) is 0 Å². The van der Waals surface area contributed by atoms with E-state index in [9.17, 15) is 9.59 Å². The summed E-state index contributed by atoms with van der Waals surface area (Å²) in [6.45, 7) is 2.59. The van der Waals surface area contributed by atoms with E-state index >= 15 is 0 Å². The van der Waals surface area contributed by atoms with Gasteiger partial charge in [0, 0.05) is 25.2 Å².